The second kappa shape index (κ2) is 7.17. The van der Waals surface area contributed by atoms with Crippen molar-refractivity contribution >= 4 is 11.6 Å². The van der Waals surface area contributed by atoms with Crippen LogP contribution in [0, 0.1) is 0 Å². The average Bonchev–Trinajstić information content (AvgIpc) is 2.45. The molecule has 0 aromatic heterocycles. The number of halogens is 1. The van der Waals surface area contributed by atoms with Crippen LogP contribution < -0.4 is 15.2 Å². The van der Waals surface area contributed by atoms with Crippen molar-refractivity contribution in [1.82, 2.24) is 0 Å². The molecule has 1 atom stereocenters. The Morgan fingerprint density at radius 2 is 1.75 bits per heavy atom. The Morgan fingerprint density at radius 3 is 2.45 bits per heavy atom. The molecule has 4 heteroatoms. The highest BCUT2D eigenvalue weighted by Gasteiger charge is 2.08. The molecule has 20 heavy (non-hydrogen) atoms. The maximum absolute atomic E-state index is 5.97. The van der Waals surface area contributed by atoms with Gasteiger partial charge < -0.3 is 15.2 Å². The van der Waals surface area contributed by atoms with Gasteiger partial charge in [-0.2, -0.15) is 0 Å². The fraction of sp³-hybridized carbons (Fsp3) is 0.250. The number of nitrogens with two attached hydrogens (primary N) is 1. The maximum atomic E-state index is 5.97. The number of para-hydroxylation sites is 1. The van der Waals surface area contributed by atoms with Crippen LogP contribution in [0.15, 0.2) is 48.5 Å². The Balaban J connectivity index is 1.88. The summed E-state index contributed by atoms with van der Waals surface area (Å²) in [7, 11) is 0. The zero-order chi connectivity index (χ0) is 14.4. The van der Waals surface area contributed by atoms with E-state index in [-0.39, 0.29) is 6.04 Å². The van der Waals surface area contributed by atoms with Crippen LogP contribution in [0.1, 0.15) is 18.5 Å². The van der Waals surface area contributed by atoms with Gasteiger partial charge in [0.05, 0.1) is 0 Å². The Bertz CT molecular complexity index is 543. The molecule has 0 bridgehead atoms. The van der Waals surface area contributed by atoms with Gasteiger partial charge in [0, 0.05) is 16.6 Å². The lowest BCUT2D eigenvalue weighted by Crippen LogP contribution is -2.12. The fourth-order valence-corrected chi connectivity index (χ4v) is 2.02. The third-order valence-electron chi connectivity index (χ3n) is 2.82. The van der Waals surface area contributed by atoms with E-state index in [0.717, 1.165) is 17.1 Å². The van der Waals surface area contributed by atoms with Crippen molar-refractivity contribution < 1.29 is 9.47 Å². The molecule has 2 rings (SSSR count). The fourth-order valence-electron chi connectivity index (χ4n) is 1.83. The molecule has 2 aromatic carbocycles. The highest BCUT2D eigenvalue weighted by atomic mass is 35.5. The number of hydrogen-bond acceptors (Lipinski definition) is 3. The minimum atomic E-state index is -0.126. The van der Waals surface area contributed by atoms with Crippen LogP contribution in [0.4, 0.5) is 0 Å². The molecule has 0 fully saturated rings. The van der Waals surface area contributed by atoms with Gasteiger partial charge in [0.15, 0.2) is 0 Å². The van der Waals surface area contributed by atoms with Crippen LogP contribution in [0.2, 0.25) is 5.02 Å². The second-order valence-corrected chi connectivity index (χ2v) is 4.92. The van der Waals surface area contributed by atoms with Crippen LogP contribution in [0.25, 0.3) is 0 Å². The first-order valence-corrected chi connectivity index (χ1v) is 6.90. The Kier molecular flexibility index (Phi) is 5.27. The van der Waals surface area contributed by atoms with Crippen molar-refractivity contribution in [2.45, 2.75) is 13.0 Å². The summed E-state index contributed by atoms with van der Waals surface area (Å²) in [4.78, 5) is 0. The smallest absolute Gasteiger partial charge is 0.124 e. The number of ether oxygens (including phenoxy) is 2. The Hall–Kier alpha value is -1.71. The molecule has 0 aliphatic rings. The number of rotatable bonds is 6. The highest BCUT2D eigenvalue weighted by Crippen LogP contribution is 2.27. The predicted octanol–water partition coefficient (Wildman–Crippen LogP) is 3.82. The monoisotopic (exact) mass is 291 g/mol. The largest absolute Gasteiger partial charge is 0.490 e. The first kappa shape index (κ1) is 14.7. The van der Waals surface area contributed by atoms with Crippen LogP contribution >= 0.6 is 11.6 Å². The molecule has 0 unspecified atom stereocenters. The molecule has 0 spiro atoms. The van der Waals surface area contributed by atoms with Crippen LogP contribution in [0.5, 0.6) is 11.5 Å². The third kappa shape index (κ3) is 4.15. The van der Waals surface area contributed by atoms with E-state index in [9.17, 15) is 0 Å². The quantitative estimate of drug-likeness (QED) is 0.823. The average molecular weight is 292 g/mol. The molecule has 3 nitrogen and oxygen atoms in total. The highest BCUT2D eigenvalue weighted by molar-refractivity contribution is 6.30. The molecule has 0 aliphatic heterocycles. The van der Waals surface area contributed by atoms with Crippen molar-refractivity contribution in [3.63, 3.8) is 0 Å². The van der Waals surface area contributed by atoms with Crippen LogP contribution in [-0.4, -0.2) is 13.2 Å². The summed E-state index contributed by atoms with van der Waals surface area (Å²) in [5.41, 5.74) is 6.81. The van der Waals surface area contributed by atoms with Gasteiger partial charge in [-0.15, -0.1) is 0 Å². The summed E-state index contributed by atoms with van der Waals surface area (Å²) >= 11 is 5.97. The minimum Gasteiger partial charge on any atom is -0.490 e. The van der Waals surface area contributed by atoms with Crippen LogP contribution in [-0.2, 0) is 0 Å². The predicted molar refractivity (Wildman–Crippen MR) is 81.5 cm³/mol. The van der Waals surface area contributed by atoms with Crippen molar-refractivity contribution in [2.75, 3.05) is 13.2 Å². The Morgan fingerprint density at radius 1 is 1.05 bits per heavy atom. The summed E-state index contributed by atoms with van der Waals surface area (Å²) in [6, 6.07) is 15.0. The van der Waals surface area contributed by atoms with Crippen molar-refractivity contribution in [1.29, 1.82) is 0 Å². The van der Waals surface area contributed by atoms with E-state index in [1.165, 1.54) is 0 Å². The van der Waals surface area contributed by atoms with E-state index in [1.54, 1.807) is 6.07 Å². The van der Waals surface area contributed by atoms with E-state index >= 15 is 0 Å². The summed E-state index contributed by atoms with van der Waals surface area (Å²) in [5, 5.41) is 0.658. The van der Waals surface area contributed by atoms with E-state index in [4.69, 9.17) is 26.8 Å². The zero-order valence-corrected chi connectivity index (χ0v) is 12.1. The van der Waals surface area contributed by atoms with Gasteiger partial charge in [-0.25, -0.2) is 0 Å². The summed E-state index contributed by atoms with van der Waals surface area (Å²) in [5.74, 6) is 1.58. The summed E-state index contributed by atoms with van der Waals surface area (Å²) < 4.78 is 11.3. The molecular formula is C16H18ClNO2. The van der Waals surface area contributed by atoms with Crippen molar-refractivity contribution in [2.24, 2.45) is 5.73 Å². The van der Waals surface area contributed by atoms with Gasteiger partial charge in [0.25, 0.3) is 0 Å². The summed E-state index contributed by atoms with van der Waals surface area (Å²) in [6.45, 7) is 2.83. The normalized spacial score (nSPS) is 11.9. The molecule has 0 saturated heterocycles. The molecular weight excluding hydrogens is 274 g/mol. The lowest BCUT2D eigenvalue weighted by molar-refractivity contribution is 0.215. The van der Waals surface area contributed by atoms with Crippen molar-refractivity contribution in [3.8, 4) is 11.5 Å². The van der Waals surface area contributed by atoms with E-state index in [1.807, 2.05) is 49.4 Å². The van der Waals surface area contributed by atoms with Gasteiger partial charge in [0.1, 0.15) is 24.7 Å². The molecule has 0 radical (unpaired) electrons. The molecule has 0 amide bonds. The molecule has 0 aliphatic carbocycles. The van der Waals surface area contributed by atoms with Gasteiger partial charge in [-0.3, -0.25) is 0 Å². The summed E-state index contributed by atoms with van der Waals surface area (Å²) in [6.07, 6.45) is 0. The van der Waals surface area contributed by atoms with Gasteiger partial charge in [-0.1, -0.05) is 29.8 Å². The third-order valence-corrected chi connectivity index (χ3v) is 3.05. The van der Waals surface area contributed by atoms with Crippen molar-refractivity contribution in [3.05, 3.63) is 59.1 Å². The SMILES string of the molecule is C[C@@H](N)c1cc(Cl)ccc1OCCOc1ccccc1. The second-order valence-electron chi connectivity index (χ2n) is 4.48. The molecule has 106 valence electrons. The molecule has 2 N–H and O–H groups in total. The van der Waals surface area contributed by atoms with E-state index < -0.39 is 0 Å². The van der Waals surface area contributed by atoms with Gasteiger partial charge >= 0.3 is 0 Å². The van der Waals surface area contributed by atoms with Gasteiger partial charge in [0.2, 0.25) is 0 Å². The lowest BCUT2D eigenvalue weighted by Gasteiger charge is -2.14. The number of hydrogen-bond donors (Lipinski definition) is 1. The standard InChI is InChI=1S/C16H18ClNO2/c1-12(18)15-11-13(17)7-8-16(15)20-10-9-19-14-5-3-2-4-6-14/h2-8,11-12H,9-10,18H2,1H3/t12-/m1/s1. The van der Waals surface area contributed by atoms with E-state index in [2.05, 4.69) is 0 Å². The first-order valence-electron chi connectivity index (χ1n) is 6.52. The topological polar surface area (TPSA) is 44.5 Å². The molecule has 0 saturated carbocycles. The van der Waals surface area contributed by atoms with Gasteiger partial charge in [-0.05, 0) is 37.3 Å². The zero-order valence-electron chi connectivity index (χ0n) is 11.4. The maximum Gasteiger partial charge on any atom is 0.124 e. The number of benzene rings is 2. The van der Waals surface area contributed by atoms with Crippen LogP contribution in [0.3, 0.4) is 0 Å². The first-order chi connectivity index (χ1) is 9.66. The molecule has 0 heterocycles. The lowest BCUT2D eigenvalue weighted by atomic mass is 10.1. The minimum absolute atomic E-state index is 0.126. The van der Waals surface area contributed by atoms with E-state index in [0.29, 0.717) is 18.2 Å². The Labute approximate surface area is 124 Å². The molecule has 2 aromatic rings.